The lowest BCUT2D eigenvalue weighted by Crippen LogP contribution is -2.71. The molecule has 2 aromatic heterocycles. The van der Waals surface area contributed by atoms with E-state index in [1.54, 1.807) is 31.3 Å². The summed E-state index contributed by atoms with van der Waals surface area (Å²) < 4.78 is 22.6. The van der Waals surface area contributed by atoms with Crippen molar-refractivity contribution >= 4 is 0 Å². The Morgan fingerprint density at radius 2 is 1.97 bits per heavy atom. The van der Waals surface area contributed by atoms with Gasteiger partial charge >= 0.3 is 0 Å². The summed E-state index contributed by atoms with van der Waals surface area (Å²) in [5, 5.41) is 22.4. The Bertz CT molecular complexity index is 1280. The maximum absolute atomic E-state index is 15.3. The first kappa shape index (κ1) is 22.5. The first-order valence-electron chi connectivity index (χ1n) is 11.5. The van der Waals surface area contributed by atoms with E-state index in [2.05, 4.69) is 27.4 Å². The van der Waals surface area contributed by atoms with E-state index in [0.29, 0.717) is 28.9 Å². The molecule has 0 amide bonds. The number of aryl methyl sites for hydroxylation is 1. The van der Waals surface area contributed by atoms with Crippen molar-refractivity contribution in [3.05, 3.63) is 53.1 Å². The number of alkyl halides is 1. The van der Waals surface area contributed by atoms with Gasteiger partial charge in [-0.3, -0.25) is 4.79 Å². The second-order valence-electron chi connectivity index (χ2n) is 9.93. The van der Waals surface area contributed by atoms with Crippen molar-refractivity contribution in [2.45, 2.75) is 62.9 Å². The number of halogens is 1. The van der Waals surface area contributed by atoms with E-state index < -0.39 is 17.8 Å². The lowest BCUT2D eigenvalue weighted by Gasteiger charge is -2.54. The quantitative estimate of drug-likeness (QED) is 0.609. The van der Waals surface area contributed by atoms with E-state index in [1.807, 2.05) is 6.92 Å². The molecular formula is C25H28FN5O3. The molecule has 0 aliphatic carbocycles. The first-order chi connectivity index (χ1) is 16.2. The second-order valence-corrected chi connectivity index (χ2v) is 9.93. The summed E-state index contributed by atoms with van der Waals surface area (Å²) in [6.45, 7) is 4.05. The number of phenolic OH excluding ortho intramolecular Hbond substituents is 1. The van der Waals surface area contributed by atoms with Crippen LogP contribution in [0.15, 0.2) is 47.5 Å². The van der Waals surface area contributed by atoms with E-state index in [0.717, 1.165) is 19.3 Å². The molecule has 8 nitrogen and oxygen atoms in total. The van der Waals surface area contributed by atoms with Gasteiger partial charge in [0.15, 0.2) is 6.17 Å². The van der Waals surface area contributed by atoms with E-state index in [-0.39, 0.29) is 22.7 Å². The van der Waals surface area contributed by atoms with Crippen LogP contribution >= 0.6 is 0 Å². The number of rotatable bonds is 4. The van der Waals surface area contributed by atoms with Crippen LogP contribution in [0, 0.1) is 0 Å². The molecule has 1 aromatic carbocycles. The lowest BCUT2D eigenvalue weighted by molar-refractivity contribution is -0.0626. The largest absolute Gasteiger partial charge is 0.507 e. The number of nitrogens with one attached hydrogen (secondary N) is 1. The van der Waals surface area contributed by atoms with E-state index in [1.165, 1.54) is 23.0 Å². The summed E-state index contributed by atoms with van der Waals surface area (Å²) in [5.74, 6) is 0.239. The summed E-state index contributed by atoms with van der Waals surface area (Å²) in [7, 11) is 1.62. The lowest BCUT2D eigenvalue weighted by atomic mass is 9.69. The van der Waals surface area contributed by atoms with Gasteiger partial charge in [0.1, 0.15) is 11.9 Å². The summed E-state index contributed by atoms with van der Waals surface area (Å²) in [5.41, 5.74) is 1.06. The summed E-state index contributed by atoms with van der Waals surface area (Å²) in [6.07, 6.45) is 3.01. The third-order valence-corrected chi connectivity index (χ3v) is 7.06. The van der Waals surface area contributed by atoms with Gasteiger partial charge in [0.25, 0.3) is 5.56 Å². The molecule has 3 aromatic rings. The SMILES string of the molecule is Cn1cnc(-c2ccc(-c3ccc(O[C@H]4C[C@]5(C)CCC[C@@](C)(N5)[C@H]4F)nn3)c(O)c2)cc1=O. The molecule has 0 radical (unpaired) electrons. The van der Waals surface area contributed by atoms with Gasteiger partial charge in [-0.1, -0.05) is 6.07 Å². The van der Waals surface area contributed by atoms with Crippen LogP contribution in [0.2, 0.25) is 0 Å². The predicted molar refractivity (Wildman–Crippen MR) is 125 cm³/mol. The van der Waals surface area contributed by atoms with Crippen LogP contribution in [0.4, 0.5) is 4.39 Å². The zero-order valence-electron chi connectivity index (χ0n) is 19.5. The number of piperidine rings is 2. The van der Waals surface area contributed by atoms with Crippen molar-refractivity contribution < 1.29 is 14.2 Å². The highest BCUT2D eigenvalue weighted by Crippen LogP contribution is 2.42. The average Bonchev–Trinajstić information content (AvgIpc) is 2.79. The molecule has 2 saturated heterocycles. The zero-order chi connectivity index (χ0) is 24.1. The number of aromatic nitrogens is 4. The highest BCUT2D eigenvalue weighted by atomic mass is 19.1. The van der Waals surface area contributed by atoms with Crippen LogP contribution in [0.3, 0.4) is 0 Å². The third kappa shape index (κ3) is 4.04. The molecule has 2 N–H and O–H groups in total. The number of benzene rings is 1. The maximum atomic E-state index is 15.3. The average molecular weight is 466 g/mol. The molecule has 2 aliphatic heterocycles. The maximum Gasteiger partial charge on any atom is 0.253 e. The highest BCUT2D eigenvalue weighted by Gasteiger charge is 2.53. The van der Waals surface area contributed by atoms with Crippen LogP contribution in [-0.2, 0) is 7.05 Å². The topological polar surface area (TPSA) is 102 Å². The molecule has 4 heterocycles. The third-order valence-electron chi connectivity index (χ3n) is 7.06. The Balaban J connectivity index is 1.34. The van der Waals surface area contributed by atoms with Crippen molar-refractivity contribution in [3.8, 4) is 34.1 Å². The molecular weight excluding hydrogens is 437 g/mol. The Labute approximate surface area is 196 Å². The molecule has 2 aliphatic rings. The minimum Gasteiger partial charge on any atom is -0.507 e. The van der Waals surface area contributed by atoms with Gasteiger partial charge in [0.2, 0.25) is 5.88 Å². The summed E-state index contributed by atoms with van der Waals surface area (Å²) >= 11 is 0. The highest BCUT2D eigenvalue weighted by molar-refractivity contribution is 5.72. The Morgan fingerprint density at radius 1 is 1.15 bits per heavy atom. The van der Waals surface area contributed by atoms with Crippen molar-refractivity contribution in [2.75, 3.05) is 0 Å². The van der Waals surface area contributed by atoms with Crippen LogP contribution in [0.5, 0.6) is 11.6 Å². The Kier molecular flexibility index (Phi) is 5.39. The van der Waals surface area contributed by atoms with Crippen LogP contribution in [0.25, 0.3) is 22.5 Å². The van der Waals surface area contributed by atoms with Gasteiger partial charge in [-0.25, -0.2) is 9.37 Å². The van der Waals surface area contributed by atoms with Gasteiger partial charge in [-0.05, 0) is 51.3 Å². The smallest absolute Gasteiger partial charge is 0.253 e. The van der Waals surface area contributed by atoms with Crippen molar-refractivity contribution in [3.63, 3.8) is 0 Å². The fourth-order valence-corrected chi connectivity index (χ4v) is 5.29. The molecule has 0 spiro atoms. The molecule has 34 heavy (non-hydrogen) atoms. The summed E-state index contributed by atoms with van der Waals surface area (Å²) in [4.78, 5) is 16.1. The van der Waals surface area contributed by atoms with Gasteiger partial charge in [-0.2, -0.15) is 0 Å². The van der Waals surface area contributed by atoms with Crippen molar-refractivity contribution in [2.24, 2.45) is 7.05 Å². The van der Waals surface area contributed by atoms with Crippen LogP contribution < -0.4 is 15.6 Å². The van der Waals surface area contributed by atoms with E-state index in [9.17, 15) is 9.90 Å². The number of hydrogen-bond donors (Lipinski definition) is 2. The minimum atomic E-state index is -1.15. The molecule has 0 unspecified atom stereocenters. The van der Waals surface area contributed by atoms with Crippen LogP contribution in [0.1, 0.15) is 39.5 Å². The van der Waals surface area contributed by atoms with Gasteiger partial charge in [-0.15, -0.1) is 10.2 Å². The van der Waals surface area contributed by atoms with Gasteiger partial charge in [0, 0.05) is 42.3 Å². The number of aromatic hydroxyl groups is 1. The second kappa shape index (κ2) is 8.16. The zero-order valence-corrected chi connectivity index (χ0v) is 19.5. The normalized spacial score (nSPS) is 28.5. The van der Waals surface area contributed by atoms with E-state index >= 15 is 4.39 Å². The van der Waals surface area contributed by atoms with Crippen molar-refractivity contribution in [1.29, 1.82) is 0 Å². The molecule has 9 heteroatoms. The Morgan fingerprint density at radius 3 is 2.68 bits per heavy atom. The number of ether oxygens (including phenoxy) is 1. The van der Waals surface area contributed by atoms with Crippen molar-refractivity contribution in [1.82, 2.24) is 25.1 Å². The van der Waals surface area contributed by atoms with Gasteiger partial charge in [0.05, 0.1) is 23.3 Å². The fourth-order valence-electron chi connectivity index (χ4n) is 5.29. The minimum absolute atomic E-state index is 0.0150. The number of fused-ring (bicyclic) bond motifs is 2. The number of hydrogen-bond acceptors (Lipinski definition) is 7. The molecule has 2 fully saturated rings. The number of phenols is 1. The molecule has 2 bridgehead atoms. The monoisotopic (exact) mass is 465 g/mol. The number of nitrogens with zero attached hydrogens (tertiary/aromatic N) is 4. The molecule has 0 saturated carbocycles. The van der Waals surface area contributed by atoms with Gasteiger partial charge < -0.3 is 19.7 Å². The van der Waals surface area contributed by atoms with E-state index in [4.69, 9.17) is 4.74 Å². The summed E-state index contributed by atoms with van der Waals surface area (Å²) in [6, 6.07) is 9.73. The molecule has 5 rings (SSSR count). The first-order valence-corrected chi connectivity index (χ1v) is 11.5. The Hall–Kier alpha value is -3.33. The molecule has 178 valence electrons. The molecule has 4 atom stereocenters. The van der Waals surface area contributed by atoms with Crippen LogP contribution in [-0.4, -0.2) is 48.2 Å². The predicted octanol–water partition coefficient (Wildman–Crippen LogP) is 3.39. The fraction of sp³-hybridized carbons (Fsp3) is 0.440. The standard InChI is InChI=1S/C25H28FN5O3/c1-24-9-4-10-25(2,30-24)23(26)20(13-24)34-21-8-7-17(28-29-21)16-6-5-15(11-19(16)32)18-12-22(33)31(3)14-27-18/h5-8,11-12,14,20,23,30,32H,4,9-10,13H2,1-3H3/t20-,23-,24-,25+/m0/s1.